The van der Waals surface area contributed by atoms with Crippen molar-refractivity contribution in [1.29, 1.82) is 0 Å². The van der Waals surface area contributed by atoms with Gasteiger partial charge in [0.1, 0.15) is 4.90 Å². The topological polar surface area (TPSA) is 80.3 Å². The summed E-state index contributed by atoms with van der Waals surface area (Å²) >= 11 is 0. The van der Waals surface area contributed by atoms with Gasteiger partial charge >= 0.3 is 0 Å². The lowest BCUT2D eigenvalue weighted by atomic mass is 10.0. The Morgan fingerprint density at radius 1 is 0.870 bits per heavy atom. The smallest absolute Gasteiger partial charge is 0.224 e. The minimum atomic E-state index is -3.97. The number of benzene rings is 2. The summed E-state index contributed by atoms with van der Waals surface area (Å²) in [4.78, 5) is -0.438. The van der Waals surface area contributed by atoms with Crippen LogP contribution in [0.15, 0.2) is 58.3 Å². The minimum absolute atomic E-state index is 0.204. The summed E-state index contributed by atoms with van der Waals surface area (Å²) in [5.41, 5.74) is 1.80. The molecule has 124 valence electrons. The molecule has 2 rings (SSSR count). The highest BCUT2D eigenvalue weighted by atomic mass is 32.2. The zero-order valence-corrected chi connectivity index (χ0v) is 14.8. The molecule has 0 fully saturated rings. The predicted molar refractivity (Wildman–Crippen MR) is 89.5 cm³/mol. The van der Waals surface area contributed by atoms with Crippen LogP contribution in [0.25, 0.3) is 0 Å². The first kappa shape index (κ1) is 17.7. The molecule has 0 bridgehead atoms. The minimum Gasteiger partial charge on any atom is -0.224 e. The van der Waals surface area contributed by atoms with Crippen LogP contribution in [0.3, 0.4) is 0 Å². The van der Waals surface area contributed by atoms with Gasteiger partial charge in [0.25, 0.3) is 0 Å². The standard InChI is InChI=1S/C16H19NO4S2/c1-12-8-4-5-9-14(12)13(2)17-23(20,21)16-11-7-6-10-15(16)22(3,18)19/h4-11,13,17H,1-3H3/t13-/m1/s1. The van der Waals surface area contributed by atoms with Gasteiger partial charge in [-0.1, -0.05) is 36.4 Å². The van der Waals surface area contributed by atoms with E-state index in [4.69, 9.17) is 0 Å². The van der Waals surface area contributed by atoms with Gasteiger partial charge in [-0.2, -0.15) is 0 Å². The van der Waals surface area contributed by atoms with Crippen molar-refractivity contribution >= 4 is 19.9 Å². The van der Waals surface area contributed by atoms with E-state index in [1.54, 1.807) is 6.92 Å². The first-order chi connectivity index (χ1) is 10.6. The van der Waals surface area contributed by atoms with E-state index >= 15 is 0 Å². The van der Waals surface area contributed by atoms with Crippen molar-refractivity contribution in [2.75, 3.05) is 6.26 Å². The van der Waals surface area contributed by atoms with E-state index in [0.717, 1.165) is 17.4 Å². The van der Waals surface area contributed by atoms with Gasteiger partial charge < -0.3 is 0 Å². The first-order valence-corrected chi connectivity index (χ1v) is 10.4. The first-order valence-electron chi connectivity index (χ1n) is 7.00. The fourth-order valence-electron chi connectivity index (χ4n) is 2.41. The second-order valence-electron chi connectivity index (χ2n) is 5.42. The third-order valence-electron chi connectivity index (χ3n) is 3.53. The molecule has 23 heavy (non-hydrogen) atoms. The van der Waals surface area contributed by atoms with Gasteiger partial charge in [-0.25, -0.2) is 21.6 Å². The van der Waals surface area contributed by atoms with Crippen LogP contribution >= 0.6 is 0 Å². The number of rotatable bonds is 5. The molecule has 1 atom stereocenters. The number of hydrogen-bond donors (Lipinski definition) is 1. The Labute approximate surface area is 137 Å². The van der Waals surface area contributed by atoms with Crippen LogP contribution in [0.2, 0.25) is 0 Å². The lowest BCUT2D eigenvalue weighted by Gasteiger charge is -2.17. The zero-order valence-electron chi connectivity index (χ0n) is 13.1. The van der Waals surface area contributed by atoms with Crippen molar-refractivity contribution in [1.82, 2.24) is 4.72 Å². The van der Waals surface area contributed by atoms with Crippen molar-refractivity contribution in [3.63, 3.8) is 0 Å². The van der Waals surface area contributed by atoms with E-state index in [2.05, 4.69) is 4.72 Å². The van der Waals surface area contributed by atoms with E-state index in [-0.39, 0.29) is 9.79 Å². The molecule has 1 N–H and O–H groups in total. The van der Waals surface area contributed by atoms with Crippen LogP contribution in [0.5, 0.6) is 0 Å². The molecule has 7 heteroatoms. The van der Waals surface area contributed by atoms with E-state index in [9.17, 15) is 16.8 Å². The fraction of sp³-hybridized carbons (Fsp3) is 0.250. The number of nitrogens with one attached hydrogen (secondary N) is 1. The second kappa shape index (κ2) is 6.43. The van der Waals surface area contributed by atoms with Crippen LogP contribution in [0.1, 0.15) is 24.1 Å². The summed E-state index contributed by atoms with van der Waals surface area (Å²) in [5.74, 6) is 0. The summed E-state index contributed by atoms with van der Waals surface area (Å²) in [7, 11) is -7.61. The number of sulfonamides is 1. The molecule has 0 aliphatic heterocycles. The van der Waals surface area contributed by atoms with Crippen LogP contribution < -0.4 is 4.72 Å². The molecule has 2 aromatic rings. The van der Waals surface area contributed by atoms with Gasteiger partial charge in [-0.3, -0.25) is 0 Å². The van der Waals surface area contributed by atoms with Crippen LogP contribution in [0, 0.1) is 6.92 Å². The maximum atomic E-state index is 12.6. The fourth-order valence-corrected chi connectivity index (χ4v) is 5.26. The molecular formula is C16H19NO4S2. The van der Waals surface area contributed by atoms with Crippen molar-refractivity contribution in [2.45, 2.75) is 29.7 Å². The van der Waals surface area contributed by atoms with Crippen LogP contribution in [-0.4, -0.2) is 23.1 Å². The maximum Gasteiger partial charge on any atom is 0.242 e. The third-order valence-corrected chi connectivity index (χ3v) is 6.41. The highest BCUT2D eigenvalue weighted by Gasteiger charge is 2.25. The molecule has 0 spiro atoms. The Hall–Kier alpha value is -1.70. The monoisotopic (exact) mass is 353 g/mol. The highest BCUT2D eigenvalue weighted by molar-refractivity contribution is 7.93. The molecule has 5 nitrogen and oxygen atoms in total. The van der Waals surface area contributed by atoms with Crippen LogP contribution in [-0.2, 0) is 19.9 Å². The zero-order chi connectivity index (χ0) is 17.3. The Kier molecular flexibility index (Phi) is 4.93. The molecule has 0 aliphatic carbocycles. The normalized spacial score (nSPS) is 13.7. The summed E-state index contributed by atoms with van der Waals surface area (Å²) < 4.78 is 51.4. The van der Waals surface area contributed by atoms with Gasteiger partial charge in [-0.05, 0) is 37.1 Å². The van der Waals surface area contributed by atoms with Crippen molar-refractivity contribution in [2.24, 2.45) is 0 Å². The molecule has 2 aromatic carbocycles. The lowest BCUT2D eigenvalue weighted by Crippen LogP contribution is -2.28. The van der Waals surface area contributed by atoms with Crippen molar-refractivity contribution in [3.05, 3.63) is 59.7 Å². The summed E-state index contributed by atoms with van der Waals surface area (Å²) in [5, 5.41) is 0. The van der Waals surface area contributed by atoms with Gasteiger partial charge in [0.05, 0.1) is 4.90 Å². The highest BCUT2D eigenvalue weighted by Crippen LogP contribution is 2.24. The van der Waals surface area contributed by atoms with E-state index in [1.165, 1.54) is 24.3 Å². The molecule has 0 saturated heterocycles. The Morgan fingerprint density at radius 3 is 1.96 bits per heavy atom. The number of sulfone groups is 1. The molecule has 0 heterocycles. The van der Waals surface area contributed by atoms with E-state index < -0.39 is 25.9 Å². The predicted octanol–water partition coefficient (Wildman–Crippen LogP) is 2.44. The van der Waals surface area contributed by atoms with Gasteiger partial charge in [0.15, 0.2) is 9.84 Å². The molecule has 0 saturated carbocycles. The molecule has 0 unspecified atom stereocenters. The van der Waals surface area contributed by atoms with E-state index in [1.807, 2.05) is 31.2 Å². The Bertz CT molecular complexity index is 919. The van der Waals surface area contributed by atoms with Gasteiger partial charge in [0.2, 0.25) is 10.0 Å². The SMILES string of the molecule is Cc1ccccc1[C@@H](C)NS(=O)(=O)c1ccccc1S(C)(=O)=O. The quantitative estimate of drug-likeness (QED) is 0.895. The molecule has 0 aliphatic rings. The van der Waals surface area contributed by atoms with Gasteiger partial charge in [0, 0.05) is 12.3 Å². The largest absolute Gasteiger partial charge is 0.242 e. The summed E-state index contributed by atoms with van der Waals surface area (Å²) in [6.45, 7) is 3.62. The van der Waals surface area contributed by atoms with Crippen molar-refractivity contribution in [3.8, 4) is 0 Å². The second-order valence-corrected chi connectivity index (χ2v) is 9.09. The van der Waals surface area contributed by atoms with Crippen LogP contribution in [0.4, 0.5) is 0 Å². The molecular weight excluding hydrogens is 334 g/mol. The molecule has 0 amide bonds. The van der Waals surface area contributed by atoms with Gasteiger partial charge in [-0.15, -0.1) is 0 Å². The molecule has 0 aromatic heterocycles. The number of hydrogen-bond acceptors (Lipinski definition) is 4. The average molecular weight is 353 g/mol. The Morgan fingerprint density at radius 2 is 1.39 bits per heavy atom. The summed E-state index contributed by atoms with van der Waals surface area (Å²) in [6, 6.07) is 12.5. The summed E-state index contributed by atoms with van der Waals surface area (Å²) in [6.07, 6.45) is 0.992. The average Bonchev–Trinajstić information content (AvgIpc) is 2.46. The molecule has 0 radical (unpaired) electrons. The van der Waals surface area contributed by atoms with Crippen molar-refractivity contribution < 1.29 is 16.8 Å². The van der Waals surface area contributed by atoms with E-state index in [0.29, 0.717) is 0 Å². The Balaban J connectivity index is 2.43. The maximum absolute atomic E-state index is 12.6. The third kappa shape index (κ3) is 3.99. The number of aryl methyl sites for hydroxylation is 1. The lowest BCUT2D eigenvalue weighted by molar-refractivity contribution is 0.561.